The Morgan fingerprint density at radius 1 is 0.744 bits per heavy atom. The zero-order chi connectivity index (χ0) is 25.8. The highest BCUT2D eigenvalue weighted by molar-refractivity contribution is 6.03. The molecule has 0 spiro atoms. The standard InChI is InChI=1S/C35H28N4/c1-4-22-8-13-28(31-17-15-26-12-10-24-7-3-19-37-33(24)35(26)39-31)21-29(22)20-27(5-1)30-16-14-25-11-9-23-6-2-18-36-32(23)34(25)38-30/h2-3,6-9,11,13-21,31,39H,1,4-5,10,12H2. The maximum absolute atomic E-state index is 5.15. The van der Waals surface area contributed by atoms with Crippen LogP contribution in [-0.2, 0) is 12.8 Å². The first kappa shape index (κ1) is 22.4. The molecule has 4 nitrogen and oxygen atoms in total. The monoisotopic (exact) mass is 504 g/mol. The van der Waals surface area contributed by atoms with Crippen molar-refractivity contribution in [3.63, 3.8) is 0 Å². The van der Waals surface area contributed by atoms with Gasteiger partial charge in [0.15, 0.2) is 0 Å². The number of fused-ring (bicyclic) bond motifs is 6. The Morgan fingerprint density at radius 3 is 2.59 bits per heavy atom. The van der Waals surface area contributed by atoms with Crippen molar-refractivity contribution in [1.82, 2.24) is 20.3 Å². The van der Waals surface area contributed by atoms with E-state index < -0.39 is 0 Å². The molecule has 4 heterocycles. The van der Waals surface area contributed by atoms with Crippen LogP contribution in [0.25, 0.3) is 39.2 Å². The Bertz CT molecular complexity index is 1880. The lowest BCUT2D eigenvalue weighted by molar-refractivity contribution is 0.731. The van der Waals surface area contributed by atoms with Crippen LogP contribution in [0.4, 0.5) is 0 Å². The predicted octanol–water partition coefficient (Wildman–Crippen LogP) is 7.61. The summed E-state index contributed by atoms with van der Waals surface area (Å²) in [4.78, 5) is 14.5. The molecule has 5 aromatic rings. The fourth-order valence-electron chi connectivity index (χ4n) is 6.35. The molecule has 4 heteroatoms. The zero-order valence-electron chi connectivity index (χ0n) is 21.7. The maximum atomic E-state index is 5.15. The number of benzene rings is 2. The Balaban J connectivity index is 1.16. The van der Waals surface area contributed by atoms with E-state index >= 15 is 0 Å². The number of pyridine rings is 3. The molecule has 0 saturated carbocycles. The van der Waals surface area contributed by atoms with Gasteiger partial charge in [0.1, 0.15) is 0 Å². The van der Waals surface area contributed by atoms with Crippen LogP contribution in [0.2, 0.25) is 0 Å². The Hall–Kier alpha value is -4.57. The molecule has 0 bridgehead atoms. The first-order valence-corrected chi connectivity index (χ1v) is 13.9. The molecule has 3 aliphatic rings. The minimum Gasteiger partial charge on any atom is -0.373 e. The van der Waals surface area contributed by atoms with E-state index in [1.165, 1.54) is 39.1 Å². The second-order valence-electron chi connectivity index (χ2n) is 10.8. The van der Waals surface area contributed by atoms with Crippen molar-refractivity contribution in [2.24, 2.45) is 0 Å². The van der Waals surface area contributed by atoms with Gasteiger partial charge >= 0.3 is 0 Å². The van der Waals surface area contributed by atoms with Gasteiger partial charge in [0.2, 0.25) is 0 Å². The smallest absolute Gasteiger partial charge is 0.0971 e. The molecule has 1 unspecified atom stereocenters. The summed E-state index contributed by atoms with van der Waals surface area (Å²) < 4.78 is 0. The van der Waals surface area contributed by atoms with Crippen molar-refractivity contribution < 1.29 is 0 Å². The van der Waals surface area contributed by atoms with E-state index in [0.29, 0.717) is 0 Å². The minimum absolute atomic E-state index is 0.123. The summed E-state index contributed by atoms with van der Waals surface area (Å²) >= 11 is 0. The van der Waals surface area contributed by atoms with Crippen LogP contribution < -0.4 is 5.32 Å². The summed E-state index contributed by atoms with van der Waals surface area (Å²) in [6, 6.07) is 24.1. The average molecular weight is 505 g/mol. The van der Waals surface area contributed by atoms with Crippen LogP contribution in [0, 0.1) is 0 Å². The number of nitrogens with zero attached hydrogens (tertiary/aromatic N) is 3. The van der Waals surface area contributed by atoms with E-state index in [2.05, 4.69) is 83.1 Å². The third-order valence-corrected chi connectivity index (χ3v) is 8.41. The molecular weight excluding hydrogens is 476 g/mol. The van der Waals surface area contributed by atoms with Gasteiger partial charge in [-0.3, -0.25) is 9.97 Å². The van der Waals surface area contributed by atoms with E-state index in [0.717, 1.165) is 65.3 Å². The number of dihydropyridines is 1. The van der Waals surface area contributed by atoms with Crippen LogP contribution in [0.15, 0.2) is 96.8 Å². The molecule has 1 atom stereocenters. The third-order valence-electron chi connectivity index (χ3n) is 8.41. The Kier molecular flexibility index (Phi) is 5.19. The van der Waals surface area contributed by atoms with E-state index in [4.69, 9.17) is 9.97 Å². The lowest BCUT2D eigenvalue weighted by atomic mass is 9.88. The first-order chi connectivity index (χ1) is 19.3. The number of hydrogen-bond acceptors (Lipinski definition) is 4. The number of rotatable bonds is 2. The van der Waals surface area contributed by atoms with E-state index in [-0.39, 0.29) is 6.04 Å². The summed E-state index contributed by atoms with van der Waals surface area (Å²) in [5.74, 6) is 0. The fourth-order valence-corrected chi connectivity index (χ4v) is 6.35. The second kappa shape index (κ2) is 9.02. The highest BCUT2D eigenvalue weighted by Gasteiger charge is 2.25. The van der Waals surface area contributed by atoms with Gasteiger partial charge in [-0.15, -0.1) is 0 Å². The number of aryl methyl sites for hydroxylation is 2. The van der Waals surface area contributed by atoms with E-state index in [9.17, 15) is 0 Å². The van der Waals surface area contributed by atoms with Crippen LogP contribution >= 0.6 is 0 Å². The van der Waals surface area contributed by atoms with Crippen molar-refractivity contribution in [2.75, 3.05) is 0 Å². The normalized spacial score (nSPS) is 18.2. The summed E-state index contributed by atoms with van der Waals surface area (Å²) in [7, 11) is 0. The van der Waals surface area contributed by atoms with Crippen molar-refractivity contribution in [3.05, 3.63) is 130 Å². The highest BCUT2D eigenvalue weighted by Crippen LogP contribution is 2.36. The van der Waals surface area contributed by atoms with E-state index in [1.54, 1.807) is 0 Å². The molecule has 3 aromatic heterocycles. The Labute approximate surface area is 227 Å². The van der Waals surface area contributed by atoms with Crippen molar-refractivity contribution >= 4 is 39.2 Å². The van der Waals surface area contributed by atoms with Crippen molar-refractivity contribution in [3.8, 4) is 0 Å². The number of allylic oxidation sites excluding steroid dienone is 3. The molecule has 39 heavy (non-hydrogen) atoms. The van der Waals surface area contributed by atoms with Gasteiger partial charge in [-0.25, -0.2) is 4.98 Å². The summed E-state index contributed by atoms with van der Waals surface area (Å²) in [5.41, 5.74) is 13.3. The van der Waals surface area contributed by atoms with Gasteiger partial charge in [-0.1, -0.05) is 54.6 Å². The molecule has 2 aliphatic carbocycles. The molecule has 1 N–H and O–H groups in total. The summed E-state index contributed by atoms with van der Waals surface area (Å²) in [6.07, 6.45) is 16.1. The van der Waals surface area contributed by atoms with Gasteiger partial charge in [0.05, 0.1) is 34.2 Å². The molecular formula is C35H28N4. The SMILES string of the molecule is C1=CC(c2ccc3c(c2)C=C(c2ccc4ccc5cccnc5c4n2)CCC3)NC2=C1CCc1cccnc12. The molecule has 8 rings (SSSR count). The fraction of sp³-hybridized carbons (Fsp3) is 0.171. The van der Waals surface area contributed by atoms with Gasteiger partial charge < -0.3 is 5.32 Å². The molecule has 2 aromatic carbocycles. The van der Waals surface area contributed by atoms with Gasteiger partial charge in [-0.2, -0.15) is 0 Å². The maximum Gasteiger partial charge on any atom is 0.0971 e. The third kappa shape index (κ3) is 3.87. The lowest BCUT2D eigenvalue weighted by Crippen LogP contribution is -2.26. The molecule has 1 aliphatic heterocycles. The first-order valence-electron chi connectivity index (χ1n) is 13.9. The largest absolute Gasteiger partial charge is 0.373 e. The lowest BCUT2D eigenvalue weighted by Gasteiger charge is -2.29. The number of aromatic nitrogens is 3. The Morgan fingerprint density at radius 2 is 1.62 bits per heavy atom. The molecule has 0 saturated heterocycles. The van der Waals surface area contributed by atoms with Crippen LogP contribution in [-0.4, -0.2) is 15.0 Å². The number of nitrogens with one attached hydrogen (secondary N) is 1. The zero-order valence-corrected chi connectivity index (χ0v) is 21.7. The topological polar surface area (TPSA) is 50.7 Å². The quantitative estimate of drug-likeness (QED) is 0.251. The van der Waals surface area contributed by atoms with Crippen LogP contribution in [0.1, 0.15) is 58.9 Å². The van der Waals surface area contributed by atoms with Crippen LogP contribution in [0.5, 0.6) is 0 Å². The summed E-state index contributed by atoms with van der Waals surface area (Å²) in [6.45, 7) is 0. The number of hydrogen-bond donors (Lipinski definition) is 1. The van der Waals surface area contributed by atoms with Crippen LogP contribution in [0.3, 0.4) is 0 Å². The molecule has 0 radical (unpaired) electrons. The highest BCUT2D eigenvalue weighted by atomic mass is 15.0. The predicted molar refractivity (Wildman–Crippen MR) is 159 cm³/mol. The molecule has 188 valence electrons. The molecule has 0 fully saturated rings. The van der Waals surface area contributed by atoms with E-state index in [1.807, 2.05) is 24.5 Å². The summed E-state index contributed by atoms with van der Waals surface area (Å²) in [5, 5.41) is 6.08. The van der Waals surface area contributed by atoms with Gasteiger partial charge in [-0.05, 0) is 95.8 Å². The second-order valence-corrected chi connectivity index (χ2v) is 10.8. The minimum atomic E-state index is 0.123. The van der Waals surface area contributed by atoms with Gasteiger partial charge in [0, 0.05) is 23.2 Å². The van der Waals surface area contributed by atoms with Crippen molar-refractivity contribution in [2.45, 2.75) is 38.1 Å². The average Bonchev–Trinajstić information content (AvgIpc) is 3.22. The molecule has 0 amide bonds. The van der Waals surface area contributed by atoms with Crippen molar-refractivity contribution in [1.29, 1.82) is 0 Å². The van der Waals surface area contributed by atoms with Gasteiger partial charge in [0.25, 0.3) is 0 Å².